The molecule has 23 heavy (non-hydrogen) atoms. The van der Waals surface area contributed by atoms with Crippen LogP contribution in [0.4, 0.5) is 0 Å². The lowest BCUT2D eigenvalue weighted by Gasteiger charge is -2.37. The van der Waals surface area contributed by atoms with Crippen molar-refractivity contribution in [3.05, 3.63) is 35.9 Å². The van der Waals surface area contributed by atoms with Gasteiger partial charge in [-0.15, -0.1) is 12.6 Å². The Kier molecular flexibility index (Phi) is 5.13. The summed E-state index contributed by atoms with van der Waals surface area (Å²) in [7, 11) is 0. The third-order valence-corrected chi connectivity index (χ3v) is 4.44. The normalized spacial score (nSPS) is 24.3. The number of rotatable bonds is 5. The molecule has 2 heterocycles. The first-order chi connectivity index (χ1) is 11.2. The summed E-state index contributed by atoms with van der Waals surface area (Å²) in [6, 6.07) is 7.77. The molecule has 5 nitrogen and oxygen atoms in total. The summed E-state index contributed by atoms with van der Waals surface area (Å²) in [4.78, 5) is 14.0. The molecule has 2 unspecified atom stereocenters. The molecule has 0 aromatic heterocycles. The van der Waals surface area contributed by atoms with Crippen LogP contribution in [0.25, 0.3) is 5.70 Å². The van der Waals surface area contributed by atoms with Crippen LogP contribution >= 0.6 is 12.6 Å². The van der Waals surface area contributed by atoms with Crippen molar-refractivity contribution in [3.8, 4) is 5.75 Å². The van der Waals surface area contributed by atoms with Gasteiger partial charge >= 0.3 is 0 Å². The van der Waals surface area contributed by atoms with Crippen LogP contribution in [-0.4, -0.2) is 42.2 Å². The molecule has 0 aliphatic carbocycles. The van der Waals surface area contributed by atoms with Crippen LogP contribution < -0.4 is 10.1 Å². The van der Waals surface area contributed by atoms with Crippen molar-refractivity contribution in [2.45, 2.75) is 31.4 Å². The molecule has 0 spiro atoms. The van der Waals surface area contributed by atoms with Gasteiger partial charge in [-0.25, -0.2) is 0 Å². The average molecular weight is 334 g/mol. The largest absolute Gasteiger partial charge is 0.493 e. The van der Waals surface area contributed by atoms with Crippen molar-refractivity contribution >= 4 is 24.2 Å². The molecule has 2 aliphatic rings. The number of para-hydroxylation sites is 1. The Morgan fingerprint density at radius 2 is 2.26 bits per heavy atom. The predicted octanol–water partition coefficient (Wildman–Crippen LogP) is 2.25. The van der Waals surface area contributed by atoms with E-state index in [1.165, 1.54) is 0 Å². The van der Waals surface area contributed by atoms with E-state index in [0.29, 0.717) is 13.2 Å². The molecule has 1 N–H and O–H groups in total. The Hall–Kier alpha value is -1.66. The molecule has 1 saturated heterocycles. The molecule has 2 aliphatic heterocycles. The fourth-order valence-electron chi connectivity index (χ4n) is 2.98. The molecule has 1 fully saturated rings. The van der Waals surface area contributed by atoms with E-state index in [1.54, 1.807) is 6.08 Å². The van der Waals surface area contributed by atoms with Gasteiger partial charge in [0.15, 0.2) is 0 Å². The van der Waals surface area contributed by atoms with Crippen LogP contribution in [0.2, 0.25) is 0 Å². The van der Waals surface area contributed by atoms with E-state index in [-0.39, 0.29) is 17.5 Å². The summed E-state index contributed by atoms with van der Waals surface area (Å²) in [5.41, 5.74) is 1.36. The SMILES string of the molecule is CCOc1ccccc1C1=CC(=O)NC(S)N1CC1CCCO1. The maximum Gasteiger partial charge on any atom is 0.248 e. The number of nitrogens with zero attached hydrogens (tertiary/aromatic N) is 1. The second kappa shape index (κ2) is 7.27. The second-order valence-electron chi connectivity index (χ2n) is 5.63. The van der Waals surface area contributed by atoms with E-state index in [1.807, 2.05) is 31.2 Å². The van der Waals surface area contributed by atoms with Crippen molar-refractivity contribution in [3.63, 3.8) is 0 Å². The zero-order valence-electron chi connectivity index (χ0n) is 13.2. The summed E-state index contributed by atoms with van der Waals surface area (Å²) in [6.45, 7) is 4.02. The summed E-state index contributed by atoms with van der Waals surface area (Å²) < 4.78 is 11.5. The quantitative estimate of drug-likeness (QED) is 0.811. The fraction of sp³-hybridized carbons (Fsp3) is 0.471. The van der Waals surface area contributed by atoms with Gasteiger partial charge in [0.25, 0.3) is 0 Å². The number of amides is 1. The molecule has 6 heteroatoms. The highest BCUT2D eigenvalue weighted by molar-refractivity contribution is 7.80. The van der Waals surface area contributed by atoms with Gasteiger partial charge in [-0.05, 0) is 31.9 Å². The smallest absolute Gasteiger partial charge is 0.248 e. The minimum Gasteiger partial charge on any atom is -0.493 e. The van der Waals surface area contributed by atoms with Gasteiger partial charge in [0.05, 0.1) is 18.4 Å². The van der Waals surface area contributed by atoms with E-state index in [4.69, 9.17) is 9.47 Å². The topological polar surface area (TPSA) is 50.8 Å². The number of carbonyl (C=O) groups excluding carboxylic acids is 1. The standard InChI is InChI=1S/C17H22N2O3S/c1-2-21-15-8-4-3-7-13(15)14-10-16(20)18-17(23)19(14)11-12-6-5-9-22-12/h3-4,7-8,10,12,17,23H,2,5-6,9,11H2,1H3,(H,18,20). The molecule has 1 amide bonds. The number of nitrogens with one attached hydrogen (secondary N) is 1. The third-order valence-electron chi connectivity index (χ3n) is 4.03. The molecule has 0 bridgehead atoms. The molecule has 124 valence electrons. The number of hydrogen-bond donors (Lipinski definition) is 2. The first-order valence-electron chi connectivity index (χ1n) is 7.99. The first kappa shape index (κ1) is 16.2. The lowest BCUT2D eigenvalue weighted by Crippen LogP contribution is -2.49. The van der Waals surface area contributed by atoms with Crippen molar-refractivity contribution < 1.29 is 14.3 Å². The maximum atomic E-state index is 12.0. The number of carbonyl (C=O) groups is 1. The van der Waals surface area contributed by atoms with Crippen LogP contribution in [0, 0.1) is 0 Å². The Bertz CT molecular complexity index is 599. The molecular weight excluding hydrogens is 312 g/mol. The zero-order chi connectivity index (χ0) is 16.2. The van der Waals surface area contributed by atoms with Crippen LogP contribution in [0.5, 0.6) is 5.75 Å². The molecular formula is C17H22N2O3S. The lowest BCUT2D eigenvalue weighted by atomic mass is 10.1. The minimum absolute atomic E-state index is 0.144. The lowest BCUT2D eigenvalue weighted by molar-refractivity contribution is -0.118. The zero-order valence-corrected chi connectivity index (χ0v) is 14.1. The highest BCUT2D eigenvalue weighted by Gasteiger charge is 2.30. The monoisotopic (exact) mass is 334 g/mol. The van der Waals surface area contributed by atoms with Crippen molar-refractivity contribution in [1.82, 2.24) is 10.2 Å². The van der Waals surface area contributed by atoms with Gasteiger partial charge in [0, 0.05) is 24.8 Å². The molecule has 1 aromatic rings. The first-order valence-corrected chi connectivity index (χ1v) is 8.51. The second-order valence-corrected chi connectivity index (χ2v) is 6.12. The Balaban J connectivity index is 1.93. The van der Waals surface area contributed by atoms with Gasteiger partial charge in [-0.3, -0.25) is 4.79 Å². The maximum absolute atomic E-state index is 12.0. The van der Waals surface area contributed by atoms with E-state index in [9.17, 15) is 4.79 Å². The van der Waals surface area contributed by atoms with Crippen molar-refractivity contribution in [2.24, 2.45) is 0 Å². The summed E-state index contributed by atoms with van der Waals surface area (Å²) in [6.07, 6.45) is 3.89. The van der Waals surface area contributed by atoms with E-state index >= 15 is 0 Å². The summed E-state index contributed by atoms with van der Waals surface area (Å²) in [5.74, 6) is 0.628. The van der Waals surface area contributed by atoms with E-state index in [0.717, 1.165) is 36.5 Å². The van der Waals surface area contributed by atoms with Gasteiger partial charge in [-0.1, -0.05) is 12.1 Å². The van der Waals surface area contributed by atoms with Crippen molar-refractivity contribution in [2.75, 3.05) is 19.8 Å². The molecule has 3 rings (SSSR count). The van der Waals surface area contributed by atoms with Gasteiger partial charge in [0.2, 0.25) is 5.91 Å². The van der Waals surface area contributed by atoms with Gasteiger partial charge < -0.3 is 19.7 Å². The van der Waals surface area contributed by atoms with E-state index in [2.05, 4.69) is 22.8 Å². The highest BCUT2D eigenvalue weighted by Crippen LogP contribution is 2.33. The van der Waals surface area contributed by atoms with Crippen LogP contribution in [0.1, 0.15) is 25.3 Å². The minimum atomic E-state index is -0.374. The number of hydrogen-bond acceptors (Lipinski definition) is 5. The molecule has 1 aromatic carbocycles. The van der Waals surface area contributed by atoms with E-state index < -0.39 is 0 Å². The predicted molar refractivity (Wildman–Crippen MR) is 92.2 cm³/mol. The Morgan fingerprint density at radius 1 is 1.43 bits per heavy atom. The van der Waals surface area contributed by atoms with Gasteiger partial charge in [-0.2, -0.15) is 0 Å². The van der Waals surface area contributed by atoms with Gasteiger partial charge in [0.1, 0.15) is 11.2 Å². The summed E-state index contributed by atoms with van der Waals surface area (Å²) in [5, 5.41) is 2.83. The number of benzene rings is 1. The highest BCUT2D eigenvalue weighted by atomic mass is 32.1. The average Bonchev–Trinajstić information content (AvgIpc) is 3.04. The number of thiol groups is 1. The van der Waals surface area contributed by atoms with Crippen molar-refractivity contribution in [1.29, 1.82) is 0 Å². The Labute approximate surface area is 142 Å². The molecule has 0 saturated carbocycles. The number of ether oxygens (including phenoxy) is 2. The fourth-order valence-corrected chi connectivity index (χ4v) is 3.33. The third kappa shape index (κ3) is 3.64. The summed E-state index contributed by atoms with van der Waals surface area (Å²) >= 11 is 4.54. The Morgan fingerprint density at radius 3 is 3.00 bits per heavy atom. The van der Waals surface area contributed by atoms with Crippen LogP contribution in [-0.2, 0) is 9.53 Å². The van der Waals surface area contributed by atoms with Crippen LogP contribution in [0.15, 0.2) is 30.3 Å². The molecule has 2 atom stereocenters. The van der Waals surface area contributed by atoms with Crippen LogP contribution in [0.3, 0.4) is 0 Å². The molecule has 0 radical (unpaired) electrons.